The van der Waals surface area contributed by atoms with Gasteiger partial charge in [0, 0.05) is 18.5 Å². The molecule has 0 bridgehead atoms. The fourth-order valence-electron chi connectivity index (χ4n) is 4.30. The predicted octanol–water partition coefficient (Wildman–Crippen LogP) is 2.16. The first kappa shape index (κ1) is 14.1. The van der Waals surface area contributed by atoms with Gasteiger partial charge in [0.05, 0.1) is 18.6 Å². The maximum absolute atomic E-state index is 10.0. The Morgan fingerprint density at radius 3 is 3.05 bits per heavy atom. The van der Waals surface area contributed by atoms with Crippen LogP contribution in [0.15, 0.2) is 18.2 Å². The monoisotopic (exact) mass is 301 g/mol. The largest absolute Gasteiger partial charge is 0.493 e. The van der Waals surface area contributed by atoms with E-state index < -0.39 is 6.10 Å². The summed E-state index contributed by atoms with van der Waals surface area (Å²) in [4.78, 5) is 2.37. The van der Waals surface area contributed by atoms with Gasteiger partial charge in [-0.1, -0.05) is 12.2 Å². The highest BCUT2D eigenvalue weighted by Gasteiger charge is 2.52. The molecule has 3 atom stereocenters. The van der Waals surface area contributed by atoms with Crippen LogP contribution in [0.5, 0.6) is 11.5 Å². The van der Waals surface area contributed by atoms with E-state index in [4.69, 9.17) is 9.47 Å². The van der Waals surface area contributed by atoms with Crippen LogP contribution in [-0.4, -0.2) is 42.9 Å². The van der Waals surface area contributed by atoms with Crippen LogP contribution in [0.2, 0.25) is 0 Å². The van der Waals surface area contributed by atoms with E-state index in [0.717, 1.165) is 31.0 Å². The minimum absolute atomic E-state index is 0.00319. The van der Waals surface area contributed by atoms with Crippen molar-refractivity contribution in [3.63, 3.8) is 0 Å². The number of nitrogens with zero attached hydrogens (tertiary/aromatic N) is 1. The zero-order chi connectivity index (χ0) is 15.5. The molecule has 0 unspecified atom stereocenters. The summed E-state index contributed by atoms with van der Waals surface area (Å²) in [6.45, 7) is 4.11. The van der Waals surface area contributed by atoms with Gasteiger partial charge < -0.3 is 19.5 Å². The van der Waals surface area contributed by atoms with Crippen molar-refractivity contribution in [2.24, 2.45) is 0 Å². The number of aliphatic hydroxyl groups excluding tert-OH is 1. The Morgan fingerprint density at radius 2 is 2.27 bits per heavy atom. The van der Waals surface area contributed by atoms with Crippen LogP contribution in [0, 0.1) is 6.92 Å². The highest BCUT2D eigenvalue weighted by molar-refractivity contribution is 5.63. The van der Waals surface area contributed by atoms with Crippen LogP contribution in [0.1, 0.15) is 29.5 Å². The van der Waals surface area contributed by atoms with E-state index in [9.17, 15) is 5.11 Å². The van der Waals surface area contributed by atoms with Gasteiger partial charge in [0.2, 0.25) is 0 Å². The van der Waals surface area contributed by atoms with Gasteiger partial charge in [-0.25, -0.2) is 0 Å². The van der Waals surface area contributed by atoms with Crippen molar-refractivity contribution >= 4 is 0 Å². The highest BCUT2D eigenvalue weighted by atomic mass is 16.5. The van der Waals surface area contributed by atoms with E-state index in [2.05, 4.69) is 31.0 Å². The normalized spacial score (nSPS) is 32.9. The van der Waals surface area contributed by atoms with Crippen LogP contribution in [0.3, 0.4) is 0 Å². The predicted molar refractivity (Wildman–Crippen MR) is 84.5 cm³/mol. The van der Waals surface area contributed by atoms with Crippen molar-refractivity contribution in [2.75, 3.05) is 20.7 Å². The maximum atomic E-state index is 10.0. The second kappa shape index (κ2) is 4.74. The quantitative estimate of drug-likeness (QED) is 0.807. The lowest BCUT2D eigenvalue weighted by atomic mass is 9.68. The van der Waals surface area contributed by atoms with Gasteiger partial charge >= 0.3 is 0 Å². The minimum Gasteiger partial charge on any atom is -0.493 e. The van der Waals surface area contributed by atoms with E-state index in [0.29, 0.717) is 6.42 Å². The third kappa shape index (κ3) is 1.77. The molecule has 4 rings (SSSR count). The zero-order valence-electron chi connectivity index (χ0n) is 13.4. The summed E-state index contributed by atoms with van der Waals surface area (Å²) in [6.07, 6.45) is 5.39. The fraction of sp³-hybridized carbons (Fsp3) is 0.556. The second-order valence-electron chi connectivity index (χ2n) is 6.88. The van der Waals surface area contributed by atoms with Gasteiger partial charge in [-0.05, 0) is 44.1 Å². The average molecular weight is 301 g/mol. The molecule has 1 N–H and O–H groups in total. The second-order valence-corrected chi connectivity index (χ2v) is 6.88. The first-order valence-electron chi connectivity index (χ1n) is 7.99. The van der Waals surface area contributed by atoms with E-state index in [1.165, 1.54) is 16.7 Å². The average Bonchev–Trinajstić information content (AvgIpc) is 2.74. The summed E-state index contributed by atoms with van der Waals surface area (Å²) in [5.41, 5.74) is 3.79. The lowest BCUT2D eigenvalue weighted by molar-refractivity contribution is 0.0821. The molecule has 2 heterocycles. The molecule has 2 aliphatic heterocycles. The highest BCUT2D eigenvalue weighted by Crippen LogP contribution is 2.56. The number of rotatable bonds is 1. The summed E-state index contributed by atoms with van der Waals surface area (Å²) in [7, 11) is 3.87. The number of ether oxygens (including phenoxy) is 2. The molecule has 118 valence electrons. The molecule has 0 saturated carbocycles. The standard InChI is InChI=1S/C18H23NO3/c1-11-8-14(21-3)17-16-13(11)10-19(2)7-6-18(16)5-4-12(20)9-15(18)22-17/h4-5,8,12,15,20H,6-7,9-10H2,1-3H3/t12-,15+,18-/m1/s1. The Labute approximate surface area is 131 Å². The Kier molecular flexibility index (Phi) is 3.03. The molecule has 1 aromatic rings. The summed E-state index contributed by atoms with van der Waals surface area (Å²) >= 11 is 0. The third-order valence-corrected chi connectivity index (χ3v) is 5.50. The number of aliphatic hydroxyl groups is 1. The SMILES string of the molecule is COc1cc(C)c2c3c1O[C@H]1C[C@H](O)C=C[C@]31CCN(C)C2. The van der Waals surface area contributed by atoms with Gasteiger partial charge in [-0.3, -0.25) is 0 Å². The summed E-state index contributed by atoms with van der Waals surface area (Å²) in [6, 6.07) is 2.08. The van der Waals surface area contributed by atoms with Crippen molar-refractivity contribution in [1.29, 1.82) is 0 Å². The van der Waals surface area contributed by atoms with E-state index in [1.54, 1.807) is 7.11 Å². The van der Waals surface area contributed by atoms with Crippen molar-refractivity contribution in [3.05, 3.63) is 34.9 Å². The van der Waals surface area contributed by atoms with Crippen molar-refractivity contribution < 1.29 is 14.6 Å². The Morgan fingerprint density at radius 1 is 1.45 bits per heavy atom. The van der Waals surface area contributed by atoms with E-state index in [-0.39, 0.29) is 11.5 Å². The first-order chi connectivity index (χ1) is 10.5. The molecule has 1 aliphatic carbocycles. The minimum atomic E-state index is -0.415. The fourth-order valence-corrected chi connectivity index (χ4v) is 4.30. The summed E-state index contributed by atoms with van der Waals surface area (Å²) < 4.78 is 11.9. The van der Waals surface area contributed by atoms with Crippen LogP contribution >= 0.6 is 0 Å². The van der Waals surface area contributed by atoms with E-state index in [1.807, 2.05) is 6.08 Å². The maximum Gasteiger partial charge on any atom is 0.166 e. The lowest BCUT2D eigenvalue weighted by Gasteiger charge is -2.35. The smallest absolute Gasteiger partial charge is 0.166 e. The molecule has 1 spiro atoms. The molecule has 22 heavy (non-hydrogen) atoms. The number of methoxy groups -OCH3 is 1. The molecular formula is C18H23NO3. The Hall–Kier alpha value is -1.52. The zero-order valence-corrected chi connectivity index (χ0v) is 13.4. The summed E-state index contributed by atoms with van der Waals surface area (Å²) in [5, 5.41) is 10.0. The molecule has 0 fully saturated rings. The molecule has 0 aromatic heterocycles. The van der Waals surface area contributed by atoms with Gasteiger partial charge in [-0.15, -0.1) is 0 Å². The van der Waals surface area contributed by atoms with Gasteiger partial charge in [0.15, 0.2) is 11.5 Å². The van der Waals surface area contributed by atoms with Gasteiger partial charge in [0.25, 0.3) is 0 Å². The summed E-state index contributed by atoms with van der Waals surface area (Å²) in [5.74, 6) is 1.71. The van der Waals surface area contributed by atoms with Crippen molar-refractivity contribution in [3.8, 4) is 11.5 Å². The Balaban J connectivity index is 2.00. The molecule has 0 radical (unpaired) electrons. The molecular weight excluding hydrogens is 278 g/mol. The number of hydrogen-bond acceptors (Lipinski definition) is 4. The lowest BCUT2D eigenvalue weighted by Crippen LogP contribution is -2.42. The van der Waals surface area contributed by atoms with Crippen molar-refractivity contribution in [1.82, 2.24) is 4.90 Å². The topological polar surface area (TPSA) is 41.9 Å². The van der Waals surface area contributed by atoms with Gasteiger partial charge in [-0.2, -0.15) is 0 Å². The van der Waals surface area contributed by atoms with E-state index >= 15 is 0 Å². The molecule has 1 aromatic carbocycles. The number of hydrogen-bond donors (Lipinski definition) is 1. The molecule has 0 amide bonds. The first-order valence-corrected chi connectivity index (χ1v) is 7.99. The van der Waals surface area contributed by atoms with Crippen LogP contribution in [0.25, 0.3) is 0 Å². The molecule has 0 saturated heterocycles. The Bertz CT molecular complexity index is 654. The van der Waals surface area contributed by atoms with Crippen molar-refractivity contribution in [2.45, 2.75) is 43.9 Å². The molecule has 4 nitrogen and oxygen atoms in total. The number of aryl methyl sites for hydroxylation is 1. The van der Waals surface area contributed by atoms with Gasteiger partial charge in [0.1, 0.15) is 6.10 Å². The molecule has 4 heteroatoms. The third-order valence-electron chi connectivity index (χ3n) is 5.50. The van der Waals surface area contributed by atoms with Crippen LogP contribution in [0.4, 0.5) is 0 Å². The van der Waals surface area contributed by atoms with Crippen LogP contribution < -0.4 is 9.47 Å². The van der Waals surface area contributed by atoms with Crippen LogP contribution in [-0.2, 0) is 12.0 Å². The molecule has 3 aliphatic rings. The number of benzene rings is 1.